The van der Waals surface area contributed by atoms with Crippen LogP contribution in [0, 0.1) is 20.8 Å². The number of aromatic amines is 1. The molecule has 5 nitrogen and oxygen atoms in total. The van der Waals surface area contributed by atoms with Gasteiger partial charge in [0.25, 0.3) is 0 Å². The van der Waals surface area contributed by atoms with Gasteiger partial charge in [-0.25, -0.2) is 4.98 Å². The van der Waals surface area contributed by atoms with Gasteiger partial charge in [-0.15, -0.1) is 0 Å². The Morgan fingerprint density at radius 1 is 1.18 bits per heavy atom. The second-order valence-electron chi connectivity index (χ2n) is 3.84. The number of carbonyl (C=O) groups is 2. The highest BCUT2D eigenvalue weighted by Crippen LogP contribution is 2.29. The quantitative estimate of drug-likeness (QED) is 0.823. The molecule has 0 bridgehead atoms. The van der Waals surface area contributed by atoms with Crippen LogP contribution in [-0.4, -0.2) is 22.5 Å². The van der Waals surface area contributed by atoms with Crippen molar-refractivity contribution >= 4 is 12.6 Å². The lowest BCUT2D eigenvalue weighted by Crippen LogP contribution is -1.86. The average Bonchev–Trinajstić information content (AvgIpc) is 2.78. The zero-order valence-electron chi connectivity index (χ0n) is 9.83. The fourth-order valence-electron chi connectivity index (χ4n) is 1.84. The number of aldehydes is 2. The first kappa shape index (κ1) is 11.3. The maximum Gasteiger partial charge on any atom is 0.192 e. The van der Waals surface area contributed by atoms with Crippen molar-refractivity contribution in [2.45, 2.75) is 20.8 Å². The Labute approximate surface area is 97.9 Å². The second kappa shape index (κ2) is 4.01. The lowest BCUT2D eigenvalue weighted by Gasteiger charge is -1.95. The fraction of sp³-hybridized carbons (Fsp3) is 0.250. The average molecular weight is 232 g/mol. The predicted octanol–water partition coefficient (Wildman–Crippen LogP) is 2.22. The van der Waals surface area contributed by atoms with Crippen LogP contribution in [-0.2, 0) is 0 Å². The van der Waals surface area contributed by atoms with Crippen LogP contribution in [0.3, 0.4) is 0 Å². The van der Waals surface area contributed by atoms with Crippen molar-refractivity contribution in [3.63, 3.8) is 0 Å². The topological polar surface area (TPSA) is 76.0 Å². The van der Waals surface area contributed by atoms with E-state index in [1.165, 1.54) is 0 Å². The molecule has 88 valence electrons. The molecule has 0 amide bonds. The van der Waals surface area contributed by atoms with E-state index < -0.39 is 0 Å². The Bertz CT molecular complexity index is 593. The monoisotopic (exact) mass is 232 g/mol. The van der Waals surface area contributed by atoms with Crippen molar-refractivity contribution in [3.05, 3.63) is 28.4 Å². The molecular weight excluding hydrogens is 220 g/mol. The van der Waals surface area contributed by atoms with E-state index in [1.54, 1.807) is 20.8 Å². The summed E-state index contributed by atoms with van der Waals surface area (Å²) in [5, 5.41) is 0. The molecule has 5 heteroatoms. The van der Waals surface area contributed by atoms with Gasteiger partial charge in [-0.1, -0.05) is 0 Å². The number of rotatable bonds is 3. The molecule has 2 rings (SSSR count). The van der Waals surface area contributed by atoms with Gasteiger partial charge in [0.15, 0.2) is 24.2 Å². The van der Waals surface area contributed by atoms with Crippen LogP contribution in [0.15, 0.2) is 4.42 Å². The number of carbonyl (C=O) groups excluding carboxylic acids is 2. The van der Waals surface area contributed by atoms with Crippen LogP contribution in [0.1, 0.15) is 38.0 Å². The zero-order chi connectivity index (χ0) is 12.6. The van der Waals surface area contributed by atoms with E-state index in [1.807, 2.05) is 0 Å². The Balaban J connectivity index is 2.70. The number of nitrogens with zero attached hydrogens (tertiary/aromatic N) is 1. The van der Waals surface area contributed by atoms with Crippen LogP contribution < -0.4 is 0 Å². The van der Waals surface area contributed by atoms with Crippen LogP contribution >= 0.6 is 0 Å². The summed E-state index contributed by atoms with van der Waals surface area (Å²) in [6.45, 7) is 5.23. The molecular formula is C12H12N2O3. The SMILES string of the molecule is Cc1nc(C)c(-c2[nH]c(C=O)c(C)c2C=O)o1. The van der Waals surface area contributed by atoms with Crippen molar-refractivity contribution in [1.29, 1.82) is 0 Å². The van der Waals surface area contributed by atoms with Gasteiger partial charge in [0.2, 0.25) is 0 Å². The summed E-state index contributed by atoms with van der Waals surface area (Å²) in [6.07, 6.45) is 1.40. The van der Waals surface area contributed by atoms with E-state index >= 15 is 0 Å². The lowest BCUT2D eigenvalue weighted by molar-refractivity contribution is 0.111. The molecule has 0 saturated carbocycles. The third-order valence-electron chi connectivity index (χ3n) is 2.70. The molecule has 2 aromatic rings. The summed E-state index contributed by atoms with van der Waals surface area (Å²) in [5.41, 5.74) is 2.64. The Morgan fingerprint density at radius 2 is 1.88 bits per heavy atom. The summed E-state index contributed by atoms with van der Waals surface area (Å²) < 4.78 is 5.44. The standard InChI is InChI=1S/C12H12N2O3/c1-6-9(4-15)11(14-10(6)5-16)12-7(2)13-8(3)17-12/h4-5,14H,1-3H3. The summed E-state index contributed by atoms with van der Waals surface area (Å²) in [4.78, 5) is 28.9. The van der Waals surface area contributed by atoms with Crippen molar-refractivity contribution in [2.75, 3.05) is 0 Å². The van der Waals surface area contributed by atoms with Gasteiger partial charge >= 0.3 is 0 Å². The van der Waals surface area contributed by atoms with Crippen LogP contribution in [0.2, 0.25) is 0 Å². The number of nitrogens with one attached hydrogen (secondary N) is 1. The number of oxazole rings is 1. The van der Waals surface area contributed by atoms with Gasteiger partial charge < -0.3 is 9.40 Å². The smallest absolute Gasteiger partial charge is 0.192 e. The molecule has 0 atom stereocenters. The number of hydrogen-bond acceptors (Lipinski definition) is 4. The summed E-state index contributed by atoms with van der Waals surface area (Å²) in [7, 11) is 0. The fourth-order valence-corrected chi connectivity index (χ4v) is 1.84. The molecule has 2 aromatic heterocycles. The summed E-state index contributed by atoms with van der Waals surface area (Å²) >= 11 is 0. The Kier molecular flexibility index (Phi) is 2.67. The van der Waals surface area contributed by atoms with Crippen LogP contribution in [0.25, 0.3) is 11.5 Å². The third kappa shape index (κ3) is 1.69. The minimum Gasteiger partial charge on any atom is -0.439 e. The van der Waals surface area contributed by atoms with E-state index in [4.69, 9.17) is 4.42 Å². The molecule has 0 radical (unpaired) electrons. The highest BCUT2D eigenvalue weighted by Gasteiger charge is 2.19. The molecule has 0 saturated heterocycles. The number of aromatic nitrogens is 2. The normalized spacial score (nSPS) is 10.5. The first-order valence-electron chi connectivity index (χ1n) is 5.15. The van der Waals surface area contributed by atoms with Gasteiger partial charge in [0.1, 0.15) is 0 Å². The highest BCUT2D eigenvalue weighted by molar-refractivity contribution is 5.92. The number of aryl methyl sites for hydroxylation is 2. The largest absolute Gasteiger partial charge is 0.439 e. The third-order valence-corrected chi connectivity index (χ3v) is 2.70. The highest BCUT2D eigenvalue weighted by atomic mass is 16.4. The maximum absolute atomic E-state index is 11.1. The first-order chi connectivity index (χ1) is 8.08. The van der Waals surface area contributed by atoms with Gasteiger partial charge in [0, 0.05) is 12.5 Å². The van der Waals surface area contributed by atoms with Crippen LogP contribution in [0.4, 0.5) is 0 Å². The molecule has 0 spiro atoms. The van der Waals surface area contributed by atoms with Crippen molar-refractivity contribution in [2.24, 2.45) is 0 Å². The molecule has 0 aliphatic carbocycles. The first-order valence-corrected chi connectivity index (χ1v) is 5.15. The molecule has 0 aliphatic rings. The maximum atomic E-state index is 11.1. The van der Waals surface area contributed by atoms with Crippen molar-refractivity contribution in [3.8, 4) is 11.5 Å². The molecule has 0 fully saturated rings. The summed E-state index contributed by atoms with van der Waals surface area (Å²) in [5.74, 6) is 1.02. The zero-order valence-corrected chi connectivity index (χ0v) is 9.83. The van der Waals surface area contributed by atoms with E-state index in [0.717, 1.165) is 0 Å². The van der Waals surface area contributed by atoms with Gasteiger partial charge in [-0.05, 0) is 19.4 Å². The second-order valence-corrected chi connectivity index (χ2v) is 3.84. The van der Waals surface area contributed by atoms with Gasteiger partial charge in [-0.3, -0.25) is 9.59 Å². The number of hydrogen-bond donors (Lipinski definition) is 1. The lowest BCUT2D eigenvalue weighted by atomic mass is 10.1. The Hall–Kier alpha value is -2.17. The summed E-state index contributed by atoms with van der Waals surface area (Å²) in [6, 6.07) is 0. The molecule has 2 heterocycles. The molecule has 0 aromatic carbocycles. The van der Waals surface area contributed by atoms with Crippen molar-refractivity contribution in [1.82, 2.24) is 9.97 Å². The Morgan fingerprint density at radius 3 is 2.35 bits per heavy atom. The minimum atomic E-state index is 0.385. The molecule has 1 N–H and O–H groups in total. The number of H-pyrrole nitrogens is 1. The minimum absolute atomic E-state index is 0.385. The van der Waals surface area contributed by atoms with E-state index in [2.05, 4.69) is 9.97 Å². The predicted molar refractivity (Wildman–Crippen MR) is 61.3 cm³/mol. The van der Waals surface area contributed by atoms with E-state index in [0.29, 0.717) is 52.4 Å². The van der Waals surface area contributed by atoms with Gasteiger partial charge in [0.05, 0.1) is 17.1 Å². The van der Waals surface area contributed by atoms with E-state index in [9.17, 15) is 9.59 Å². The van der Waals surface area contributed by atoms with Crippen molar-refractivity contribution < 1.29 is 14.0 Å². The molecule has 17 heavy (non-hydrogen) atoms. The molecule has 0 unspecified atom stereocenters. The van der Waals surface area contributed by atoms with E-state index in [-0.39, 0.29) is 0 Å². The molecule has 0 aliphatic heterocycles. The van der Waals surface area contributed by atoms with Gasteiger partial charge in [-0.2, -0.15) is 0 Å². The van der Waals surface area contributed by atoms with Crippen LogP contribution in [0.5, 0.6) is 0 Å².